The number of benzene rings is 1. The Morgan fingerprint density at radius 1 is 1.10 bits per heavy atom. The van der Waals surface area contributed by atoms with Crippen molar-refractivity contribution in [3.8, 4) is 11.3 Å². The van der Waals surface area contributed by atoms with E-state index < -0.39 is 0 Å². The van der Waals surface area contributed by atoms with E-state index in [1.165, 1.54) is 29.5 Å². The molecule has 2 heterocycles. The summed E-state index contributed by atoms with van der Waals surface area (Å²) in [5.74, 6) is 1.90. The molecule has 1 aromatic heterocycles. The van der Waals surface area contributed by atoms with Crippen molar-refractivity contribution in [3.05, 3.63) is 41.3 Å². The topological polar surface area (TPSA) is 40.7 Å². The van der Waals surface area contributed by atoms with Crippen LogP contribution in [0.4, 0.5) is 0 Å². The van der Waals surface area contributed by atoms with Gasteiger partial charge in [0.25, 0.3) is 0 Å². The van der Waals surface area contributed by atoms with E-state index in [-0.39, 0.29) is 0 Å². The number of aryl methyl sites for hydroxylation is 2. The molecule has 0 radical (unpaired) electrons. The Balaban J connectivity index is 1.75. The van der Waals surface area contributed by atoms with E-state index in [1.54, 1.807) is 0 Å². The van der Waals surface area contributed by atoms with Crippen LogP contribution in [0.5, 0.6) is 0 Å². The highest BCUT2D eigenvalue weighted by atomic mass is 14.9. The molecule has 0 amide bonds. The summed E-state index contributed by atoms with van der Waals surface area (Å²) in [4.78, 5) is 8.07. The molecular weight excluding hydrogens is 246 g/mol. The zero-order valence-corrected chi connectivity index (χ0v) is 12.4. The van der Waals surface area contributed by atoms with Crippen molar-refractivity contribution < 1.29 is 0 Å². The highest BCUT2D eigenvalue weighted by molar-refractivity contribution is 5.60. The average Bonchev–Trinajstić information content (AvgIpc) is 2.87. The summed E-state index contributed by atoms with van der Waals surface area (Å²) in [6.07, 6.45) is 5.58. The van der Waals surface area contributed by atoms with Crippen LogP contribution in [0.15, 0.2) is 24.4 Å². The number of piperidine rings is 1. The molecule has 0 saturated carbocycles. The molecule has 2 aromatic rings. The van der Waals surface area contributed by atoms with Gasteiger partial charge in [0.1, 0.15) is 5.82 Å². The number of nitrogens with one attached hydrogen (secondary N) is 2. The minimum absolute atomic E-state index is 0.773. The van der Waals surface area contributed by atoms with Crippen molar-refractivity contribution in [2.24, 2.45) is 5.92 Å². The normalized spacial score (nSPS) is 16.5. The van der Waals surface area contributed by atoms with Crippen molar-refractivity contribution in [2.45, 2.75) is 33.1 Å². The Morgan fingerprint density at radius 2 is 1.80 bits per heavy atom. The molecule has 1 saturated heterocycles. The van der Waals surface area contributed by atoms with Crippen LogP contribution in [0.2, 0.25) is 0 Å². The number of nitrogens with zero attached hydrogens (tertiary/aromatic N) is 1. The monoisotopic (exact) mass is 269 g/mol. The standard InChI is InChI=1S/C17H23N3/c1-12-7-13(2)9-15(8-12)16-11-19-17(20-16)10-14-3-5-18-6-4-14/h7-9,11,14,18H,3-6,10H2,1-2H3,(H,19,20). The molecule has 0 spiro atoms. The quantitative estimate of drug-likeness (QED) is 0.898. The molecule has 3 heteroatoms. The summed E-state index contributed by atoms with van der Waals surface area (Å²) in [6.45, 7) is 6.58. The highest BCUT2D eigenvalue weighted by Crippen LogP contribution is 2.22. The van der Waals surface area contributed by atoms with Crippen LogP contribution in [-0.2, 0) is 6.42 Å². The molecule has 0 atom stereocenters. The third-order valence-corrected chi connectivity index (χ3v) is 4.10. The van der Waals surface area contributed by atoms with Gasteiger partial charge < -0.3 is 10.3 Å². The van der Waals surface area contributed by atoms with Crippen molar-refractivity contribution in [1.29, 1.82) is 0 Å². The number of H-pyrrole nitrogens is 1. The third kappa shape index (κ3) is 3.10. The molecular formula is C17H23N3. The molecule has 20 heavy (non-hydrogen) atoms. The molecule has 1 fully saturated rings. The summed E-state index contributed by atoms with van der Waals surface area (Å²) >= 11 is 0. The summed E-state index contributed by atoms with van der Waals surface area (Å²) < 4.78 is 0. The molecule has 3 rings (SSSR count). The summed E-state index contributed by atoms with van der Waals surface area (Å²) in [6, 6.07) is 6.64. The Hall–Kier alpha value is -1.61. The fourth-order valence-corrected chi connectivity index (χ4v) is 3.10. The summed E-state index contributed by atoms with van der Waals surface area (Å²) in [7, 11) is 0. The van der Waals surface area contributed by atoms with E-state index in [1.807, 2.05) is 6.20 Å². The van der Waals surface area contributed by atoms with Gasteiger partial charge in [-0.15, -0.1) is 0 Å². The van der Waals surface area contributed by atoms with E-state index >= 15 is 0 Å². The van der Waals surface area contributed by atoms with Crippen molar-refractivity contribution in [3.63, 3.8) is 0 Å². The van der Waals surface area contributed by atoms with E-state index in [4.69, 9.17) is 0 Å². The molecule has 2 N–H and O–H groups in total. The largest absolute Gasteiger partial charge is 0.342 e. The minimum Gasteiger partial charge on any atom is -0.342 e. The lowest BCUT2D eigenvalue weighted by Crippen LogP contribution is -2.28. The second kappa shape index (κ2) is 5.80. The first kappa shape index (κ1) is 13.4. The van der Waals surface area contributed by atoms with E-state index in [0.717, 1.165) is 36.9 Å². The van der Waals surface area contributed by atoms with E-state index in [2.05, 4.69) is 47.3 Å². The lowest BCUT2D eigenvalue weighted by Gasteiger charge is -2.21. The van der Waals surface area contributed by atoms with Crippen LogP contribution >= 0.6 is 0 Å². The maximum absolute atomic E-state index is 4.57. The molecule has 0 aliphatic carbocycles. The molecule has 0 unspecified atom stereocenters. The van der Waals surface area contributed by atoms with Crippen LogP contribution < -0.4 is 5.32 Å². The second-order valence-electron chi connectivity index (χ2n) is 6.02. The number of aromatic amines is 1. The van der Waals surface area contributed by atoms with Gasteiger partial charge in [0.15, 0.2) is 0 Å². The average molecular weight is 269 g/mol. The smallest absolute Gasteiger partial charge is 0.106 e. The molecule has 1 aromatic carbocycles. The molecule has 3 nitrogen and oxygen atoms in total. The van der Waals surface area contributed by atoms with Gasteiger partial charge in [-0.3, -0.25) is 0 Å². The van der Waals surface area contributed by atoms with Crippen LogP contribution in [0.1, 0.15) is 29.8 Å². The number of rotatable bonds is 3. The molecule has 106 valence electrons. The van der Waals surface area contributed by atoms with Crippen molar-refractivity contribution in [2.75, 3.05) is 13.1 Å². The van der Waals surface area contributed by atoms with Gasteiger partial charge in [0, 0.05) is 12.0 Å². The fourth-order valence-electron chi connectivity index (χ4n) is 3.10. The number of aromatic nitrogens is 2. The van der Waals surface area contributed by atoms with Gasteiger partial charge in [0.2, 0.25) is 0 Å². The van der Waals surface area contributed by atoms with Gasteiger partial charge in [-0.1, -0.05) is 17.2 Å². The van der Waals surface area contributed by atoms with Crippen LogP contribution in [0, 0.1) is 19.8 Å². The first-order valence-corrected chi connectivity index (χ1v) is 7.54. The number of imidazole rings is 1. The zero-order chi connectivity index (χ0) is 13.9. The SMILES string of the molecule is Cc1cc(C)cc(-c2cnc(CC3CCNCC3)[nH]2)c1. The van der Waals surface area contributed by atoms with Crippen LogP contribution in [-0.4, -0.2) is 23.1 Å². The molecule has 1 aliphatic heterocycles. The first-order chi connectivity index (χ1) is 9.70. The fraction of sp³-hybridized carbons (Fsp3) is 0.471. The highest BCUT2D eigenvalue weighted by Gasteiger charge is 2.15. The molecule has 1 aliphatic rings. The Morgan fingerprint density at radius 3 is 2.50 bits per heavy atom. The summed E-state index contributed by atoms with van der Waals surface area (Å²) in [5.41, 5.74) is 4.98. The molecule has 0 bridgehead atoms. The number of hydrogen-bond acceptors (Lipinski definition) is 2. The first-order valence-electron chi connectivity index (χ1n) is 7.54. The Labute approximate surface area is 120 Å². The predicted molar refractivity (Wildman–Crippen MR) is 82.8 cm³/mol. The zero-order valence-electron chi connectivity index (χ0n) is 12.4. The van der Waals surface area contributed by atoms with Gasteiger partial charge in [-0.25, -0.2) is 4.98 Å². The van der Waals surface area contributed by atoms with Crippen LogP contribution in [0.25, 0.3) is 11.3 Å². The van der Waals surface area contributed by atoms with E-state index in [0.29, 0.717) is 0 Å². The van der Waals surface area contributed by atoms with Crippen molar-refractivity contribution >= 4 is 0 Å². The van der Waals surface area contributed by atoms with Crippen LogP contribution in [0.3, 0.4) is 0 Å². The van der Waals surface area contributed by atoms with Gasteiger partial charge in [0.05, 0.1) is 11.9 Å². The van der Waals surface area contributed by atoms with Gasteiger partial charge in [-0.2, -0.15) is 0 Å². The minimum atomic E-state index is 0.773. The Bertz CT molecular complexity index is 559. The maximum atomic E-state index is 4.57. The van der Waals surface area contributed by atoms with E-state index in [9.17, 15) is 0 Å². The van der Waals surface area contributed by atoms with Gasteiger partial charge >= 0.3 is 0 Å². The Kier molecular flexibility index (Phi) is 3.88. The predicted octanol–water partition coefficient (Wildman–Crippen LogP) is 3.24. The number of hydrogen-bond donors (Lipinski definition) is 2. The lowest BCUT2D eigenvalue weighted by atomic mass is 9.94. The third-order valence-electron chi connectivity index (χ3n) is 4.10. The summed E-state index contributed by atoms with van der Waals surface area (Å²) in [5, 5.41) is 3.41. The van der Waals surface area contributed by atoms with Gasteiger partial charge in [-0.05, 0) is 57.8 Å². The van der Waals surface area contributed by atoms with Crippen molar-refractivity contribution in [1.82, 2.24) is 15.3 Å². The maximum Gasteiger partial charge on any atom is 0.106 e. The lowest BCUT2D eigenvalue weighted by molar-refractivity contribution is 0.368. The second-order valence-corrected chi connectivity index (χ2v) is 6.02.